The Morgan fingerprint density at radius 3 is 2.56 bits per heavy atom. The highest BCUT2D eigenvalue weighted by Crippen LogP contribution is 2.19. The largest absolute Gasteiger partial charge is 0.396 e. The van der Waals surface area contributed by atoms with E-state index in [2.05, 4.69) is 46.4 Å². The molecule has 2 nitrogen and oxygen atoms in total. The Labute approximate surface area is 106 Å². The summed E-state index contributed by atoms with van der Waals surface area (Å²) in [4.78, 5) is 0. The van der Waals surface area contributed by atoms with Crippen molar-refractivity contribution < 1.29 is 5.11 Å². The summed E-state index contributed by atoms with van der Waals surface area (Å²) >= 11 is 3.49. The van der Waals surface area contributed by atoms with Gasteiger partial charge in [-0.2, -0.15) is 0 Å². The maximum absolute atomic E-state index is 8.64. The zero-order chi connectivity index (χ0) is 11.8. The van der Waals surface area contributed by atoms with Crippen molar-refractivity contribution in [2.75, 3.05) is 18.5 Å². The second-order valence-electron chi connectivity index (χ2n) is 4.08. The Balaban J connectivity index is 2.21. The zero-order valence-electron chi connectivity index (χ0n) is 9.80. The smallest absolute Gasteiger partial charge is 0.0431 e. The van der Waals surface area contributed by atoms with Crippen LogP contribution >= 0.6 is 15.9 Å². The number of unbranched alkanes of at least 4 members (excludes halogenated alkanes) is 3. The maximum Gasteiger partial charge on any atom is 0.0431 e. The first kappa shape index (κ1) is 13.5. The van der Waals surface area contributed by atoms with Gasteiger partial charge in [-0.3, -0.25) is 0 Å². The number of benzene rings is 1. The number of rotatable bonds is 7. The molecule has 0 aliphatic carbocycles. The Hall–Kier alpha value is -0.540. The van der Waals surface area contributed by atoms with Gasteiger partial charge in [-0.1, -0.05) is 28.8 Å². The SMILES string of the molecule is Cc1cc(Br)cc(NCCCCCCO)c1. The standard InChI is InChI=1S/C13H20BrNO/c1-11-8-12(14)10-13(9-11)15-6-4-2-3-5-7-16/h8-10,15-16H,2-7H2,1H3. The molecule has 1 aromatic carbocycles. The first-order valence-electron chi connectivity index (χ1n) is 5.84. The Morgan fingerprint density at radius 1 is 1.12 bits per heavy atom. The number of anilines is 1. The Morgan fingerprint density at radius 2 is 1.88 bits per heavy atom. The van der Waals surface area contributed by atoms with E-state index in [-0.39, 0.29) is 0 Å². The molecule has 0 saturated carbocycles. The van der Waals surface area contributed by atoms with Crippen molar-refractivity contribution in [2.24, 2.45) is 0 Å². The van der Waals surface area contributed by atoms with Crippen LogP contribution in [-0.4, -0.2) is 18.3 Å². The summed E-state index contributed by atoms with van der Waals surface area (Å²) in [7, 11) is 0. The average Bonchev–Trinajstić information content (AvgIpc) is 2.22. The van der Waals surface area contributed by atoms with Crippen molar-refractivity contribution in [1.29, 1.82) is 0 Å². The minimum atomic E-state index is 0.318. The molecule has 0 bridgehead atoms. The molecule has 0 amide bonds. The fourth-order valence-corrected chi connectivity index (χ4v) is 2.27. The molecule has 0 spiro atoms. The van der Waals surface area contributed by atoms with Gasteiger partial charge in [0.1, 0.15) is 0 Å². The lowest BCUT2D eigenvalue weighted by Gasteiger charge is -2.07. The van der Waals surface area contributed by atoms with E-state index in [1.54, 1.807) is 0 Å². The van der Waals surface area contributed by atoms with Gasteiger partial charge in [-0.05, 0) is 43.5 Å². The topological polar surface area (TPSA) is 32.3 Å². The molecular formula is C13H20BrNO. The van der Waals surface area contributed by atoms with Crippen LogP contribution in [0.3, 0.4) is 0 Å². The summed E-state index contributed by atoms with van der Waals surface area (Å²) in [5.74, 6) is 0. The van der Waals surface area contributed by atoms with E-state index in [9.17, 15) is 0 Å². The van der Waals surface area contributed by atoms with Crippen molar-refractivity contribution in [3.63, 3.8) is 0 Å². The third-order valence-electron chi connectivity index (χ3n) is 2.46. The summed E-state index contributed by atoms with van der Waals surface area (Å²) in [6.07, 6.45) is 4.39. The minimum absolute atomic E-state index is 0.318. The van der Waals surface area contributed by atoms with Crippen molar-refractivity contribution >= 4 is 21.6 Å². The van der Waals surface area contributed by atoms with E-state index >= 15 is 0 Å². The van der Waals surface area contributed by atoms with E-state index in [1.807, 2.05) is 0 Å². The summed E-state index contributed by atoms with van der Waals surface area (Å²) < 4.78 is 1.12. The molecule has 0 aromatic heterocycles. The molecule has 2 N–H and O–H groups in total. The third kappa shape index (κ3) is 5.52. The van der Waals surface area contributed by atoms with Crippen molar-refractivity contribution in [2.45, 2.75) is 32.6 Å². The van der Waals surface area contributed by atoms with Gasteiger partial charge in [0.25, 0.3) is 0 Å². The lowest BCUT2D eigenvalue weighted by Crippen LogP contribution is -2.01. The highest BCUT2D eigenvalue weighted by molar-refractivity contribution is 9.10. The fraction of sp³-hybridized carbons (Fsp3) is 0.538. The molecular weight excluding hydrogens is 266 g/mol. The van der Waals surface area contributed by atoms with Gasteiger partial charge in [0, 0.05) is 23.3 Å². The number of hydrogen-bond donors (Lipinski definition) is 2. The van der Waals surface area contributed by atoms with Gasteiger partial charge in [0.2, 0.25) is 0 Å². The lowest BCUT2D eigenvalue weighted by atomic mass is 10.2. The molecule has 0 atom stereocenters. The second kappa shape index (κ2) is 7.69. The van der Waals surface area contributed by atoms with Crippen LogP contribution in [0.4, 0.5) is 5.69 Å². The highest BCUT2D eigenvalue weighted by atomic mass is 79.9. The van der Waals surface area contributed by atoms with Crippen LogP contribution in [0.2, 0.25) is 0 Å². The van der Waals surface area contributed by atoms with Gasteiger partial charge in [0.05, 0.1) is 0 Å². The monoisotopic (exact) mass is 285 g/mol. The molecule has 0 fully saturated rings. The molecule has 0 radical (unpaired) electrons. The molecule has 1 aromatic rings. The summed E-state index contributed by atoms with van der Waals surface area (Å²) in [6, 6.07) is 6.35. The molecule has 90 valence electrons. The molecule has 0 heterocycles. The van der Waals surface area contributed by atoms with E-state index in [1.165, 1.54) is 17.7 Å². The van der Waals surface area contributed by atoms with Crippen LogP contribution in [0.15, 0.2) is 22.7 Å². The quantitative estimate of drug-likeness (QED) is 0.749. The molecule has 3 heteroatoms. The summed E-state index contributed by atoms with van der Waals surface area (Å²) in [5.41, 5.74) is 2.44. The van der Waals surface area contributed by atoms with Crippen LogP contribution in [0.1, 0.15) is 31.2 Å². The zero-order valence-corrected chi connectivity index (χ0v) is 11.4. The molecule has 1 rings (SSSR count). The van der Waals surface area contributed by atoms with Gasteiger partial charge in [0.15, 0.2) is 0 Å². The predicted molar refractivity (Wildman–Crippen MR) is 72.9 cm³/mol. The Bertz CT molecular complexity index is 295. The lowest BCUT2D eigenvalue weighted by molar-refractivity contribution is 0.283. The molecule has 0 unspecified atom stereocenters. The summed E-state index contributed by atoms with van der Waals surface area (Å²) in [6.45, 7) is 3.41. The summed E-state index contributed by atoms with van der Waals surface area (Å²) in [5, 5.41) is 12.1. The fourth-order valence-electron chi connectivity index (χ4n) is 1.66. The second-order valence-corrected chi connectivity index (χ2v) is 5.00. The molecule has 0 saturated heterocycles. The van der Waals surface area contributed by atoms with E-state index in [4.69, 9.17) is 5.11 Å². The first-order valence-corrected chi connectivity index (χ1v) is 6.63. The maximum atomic E-state index is 8.64. The first-order chi connectivity index (χ1) is 7.72. The Kier molecular flexibility index (Phi) is 6.50. The molecule has 0 aliphatic heterocycles. The third-order valence-corrected chi connectivity index (χ3v) is 2.91. The average molecular weight is 286 g/mol. The van der Waals surface area contributed by atoms with Gasteiger partial charge in [-0.25, -0.2) is 0 Å². The number of hydrogen-bond acceptors (Lipinski definition) is 2. The molecule has 16 heavy (non-hydrogen) atoms. The van der Waals surface area contributed by atoms with Crippen molar-refractivity contribution in [3.05, 3.63) is 28.2 Å². The van der Waals surface area contributed by atoms with Crippen molar-refractivity contribution in [3.8, 4) is 0 Å². The van der Waals surface area contributed by atoms with Crippen LogP contribution in [0, 0.1) is 6.92 Å². The van der Waals surface area contributed by atoms with Crippen LogP contribution in [0.25, 0.3) is 0 Å². The van der Waals surface area contributed by atoms with E-state index < -0.39 is 0 Å². The minimum Gasteiger partial charge on any atom is -0.396 e. The molecule has 0 aliphatic rings. The van der Waals surface area contributed by atoms with E-state index in [0.717, 1.165) is 30.3 Å². The van der Waals surface area contributed by atoms with Crippen molar-refractivity contribution in [1.82, 2.24) is 0 Å². The van der Waals surface area contributed by atoms with Crippen LogP contribution in [0.5, 0.6) is 0 Å². The number of nitrogens with one attached hydrogen (secondary N) is 1. The number of aliphatic hydroxyl groups is 1. The predicted octanol–water partition coefficient (Wildman–Crippen LogP) is 3.72. The van der Waals surface area contributed by atoms with Gasteiger partial charge < -0.3 is 10.4 Å². The van der Waals surface area contributed by atoms with E-state index in [0.29, 0.717) is 6.61 Å². The highest BCUT2D eigenvalue weighted by Gasteiger charge is 1.96. The normalized spacial score (nSPS) is 10.4. The number of aliphatic hydroxyl groups excluding tert-OH is 1. The van der Waals surface area contributed by atoms with Crippen LogP contribution in [-0.2, 0) is 0 Å². The van der Waals surface area contributed by atoms with Gasteiger partial charge in [-0.15, -0.1) is 0 Å². The van der Waals surface area contributed by atoms with Gasteiger partial charge >= 0.3 is 0 Å². The number of aryl methyl sites for hydroxylation is 1. The van der Waals surface area contributed by atoms with Crippen LogP contribution < -0.4 is 5.32 Å². The number of halogens is 1.